The van der Waals surface area contributed by atoms with Crippen LogP contribution in [0.3, 0.4) is 0 Å². The minimum atomic E-state index is -1.32. The van der Waals surface area contributed by atoms with Gasteiger partial charge in [0.2, 0.25) is 5.78 Å². The van der Waals surface area contributed by atoms with Crippen molar-refractivity contribution in [1.29, 1.82) is 0 Å². The summed E-state index contributed by atoms with van der Waals surface area (Å²) in [6, 6.07) is 9.75. The van der Waals surface area contributed by atoms with Crippen molar-refractivity contribution in [2.24, 2.45) is 0 Å². The highest BCUT2D eigenvalue weighted by Gasteiger charge is 2.09. The third kappa shape index (κ3) is 7.56. The summed E-state index contributed by atoms with van der Waals surface area (Å²) in [4.78, 5) is 21.1. The first-order valence-corrected chi connectivity index (χ1v) is 7.14. The molecule has 0 aliphatic heterocycles. The lowest BCUT2D eigenvalue weighted by atomic mass is 10.1. The average molecular weight is 278 g/mol. The maximum absolute atomic E-state index is 10.8. The zero-order valence-corrected chi connectivity index (χ0v) is 11.7. The molecule has 110 valence electrons. The second-order valence-corrected chi connectivity index (χ2v) is 4.76. The molecule has 1 N–H and O–H groups in total. The molecule has 0 saturated carbocycles. The topological polar surface area (TPSA) is 63.6 Å². The minimum absolute atomic E-state index is 0.159. The molecule has 0 unspecified atom stereocenters. The van der Waals surface area contributed by atoms with E-state index in [1.807, 2.05) is 30.3 Å². The van der Waals surface area contributed by atoms with Crippen molar-refractivity contribution < 1.29 is 19.4 Å². The number of hydrogen-bond acceptors (Lipinski definition) is 3. The van der Waals surface area contributed by atoms with Crippen LogP contribution in [0.4, 0.5) is 0 Å². The smallest absolute Gasteiger partial charge is 0.372 e. The molecule has 0 radical (unpaired) electrons. The first-order chi connectivity index (χ1) is 9.70. The van der Waals surface area contributed by atoms with Crippen LogP contribution >= 0.6 is 0 Å². The third-order valence-electron chi connectivity index (χ3n) is 3.05. The highest BCUT2D eigenvalue weighted by molar-refractivity contribution is 6.32. The summed E-state index contributed by atoms with van der Waals surface area (Å²) in [6.07, 6.45) is 6.00. The summed E-state index contributed by atoms with van der Waals surface area (Å²) in [7, 11) is 0. The lowest BCUT2D eigenvalue weighted by Crippen LogP contribution is -2.11. The van der Waals surface area contributed by atoms with E-state index < -0.39 is 11.8 Å². The van der Waals surface area contributed by atoms with E-state index in [-0.39, 0.29) is 6.42 Å². The van der Waals surface area contributed by atoms with E-state index in [1.54, 1.807) is 0 Å². The van der Waals surface area contributed by atoms with E-state index in [0.29, 0.717) is 6.42 Å². The summed E-state index contributed by atoms with van der Waals surface area (Å²) >= 11 is 0. The van der Waals surface area contributed by atoms with Gasteiger partial charge in [0.1, 0.15) is 5.75 Å². The molecule has 0 heterocycles. The van der Waals surface area contributed by atoms with Crippen LogP contribution in [0.2, 0.25) is 0 Å². The fourth-order valence-corrected chi connectivity index (χ4v) is 1.91. The van der Waals surface area contributed by atoms with E-state index in [1.165, 1.54) is 0 Å². The maximum Gasteiger partial charge on any atom is 0.372 e. The lowest BCUT2D eigenvalue weighted by molar-refractivity contribution is -0.149. The van der Waals surface area contributed by atoms with Crippen LogP contribution in [0.15, 0.2) is 30.3 Å². The molecule has 1 aromatic rings. The van der Waals surface area contributed by atoms with Gasteiger partial charge in [0.15, 0.2) is 0 Å². The summed E-state index contributed by atoms with van der Waals surface area (Å²) < 4.78 is 5.58. The first-order valence-electron chi connectivity index (χ1n) is 7.14. The van der Waals surface area contributed by atoms with Crippen molar-refractivity contribution in [3.05, 3.63) is 30.3 Å². The molecule has 0 fully saturated rings. The Bertz CT molecular complexity index is 400. The van der Waals surface area contributed by atoms with E-state index >= 15 is 0 Å². The van der Waals surface area contributed by atoms with Gasteiger partial charge in [-0.3, -0.25) is 4.79 Å². The lowest BCUT2D eigenvalue weighted by Gasteiger charge is -2.05. The number of ether oxygens (including phenoxy) is 1. The number of aliphatic carboxylic acids is 1. The summed E-state index contributed by atoms with van der Waals surface area (Å²) in [5.41, 5.74) is 0. The van der Waals surface area contributed by atoms with Crippen molar-refractivity contribution in [2.45, 2.75) is 44.9 Å². The summed E-state index contributed by atoms with van der Waals surface area (Å²) in [6.45, 7) is 0.724. The molecule has 0 spiro atoms. The SMILES string of the molecule is O=C(O)C(=O)CCCCCCCCOc1ccccc1. The van der Waals surface area contributed by atoms with Crippen LogP contribution in [0, 0.1) is 0 Å². The van der Waals surface area contributed by atoms with E-state index in [2.05, 4.69) is 0 Å². The molecule has 20 heavy (non-hydrogen) atoms. The van der Waals surface area contributed by atoms with Crippen LogP contribution in [0.5, 0.6) is 5.75 Å². The number of carbonyl (C=O) groups excluding carboxylic acids is 1. The Morgan fingerprint density at radius 2 is 1.50 bits per heavy atom. The van der Waals surface area contributed by atoms with Crippen LogP contribution in [0.1, 0.15) is 44.9 Å². The highest BCUT2D eigenvalue weighted by atomic mass is 16.5. The zero-order chi connectivity index (χ0) is 14.6. The largest absolute Gasteiger partial charge is 0.494 e. The molecular formula is C16H22O4. The Balaban J connectivity index is 1.88. The number of carboxylic acid groups (broad SMARTS) is 1. The van der Waals surface area contributed by atoms with Gasteiger partial charge in [0.05, 0.1) is 6.61 Å². The predicted molar refractivity (Wildman–Crippen MR) is 76.9 cm³/mol. The monoisotopic (exact) mass is 278 g/mol. The molecule has 0 saturated heterocycles. The second kappa shape index (κ2) is 10.0. The molecule has 1 rings (SSSR count). The molecule has 0 amide bonds. The molecular weight excluding hydrogens is 256 g/mol. The first kappa shape index (κ1) is 16.2. The Hall–Kier alpha value is -1.84. The van der Waals surface area contributed by atoms with E-state index in [9.17, 15) is 9.59 Å². The number of carboxylic acids is 1. The van der Waals surface area contributed by atoms with Crippen molar-refractivity contribution in [3.8, 4) is 5.75 Å². The maximum atomic E-state index is 10.8. The number of benzene rings is 1. The third-order valence-corrected chi connectivity index (χ3v) is 3.05. The minimum Gasteiger partial charge on any atom is -0.494 e. The fourth-order valence-electron chi connectivity index (χ4n) is 1.91. The quantitative estimate of drug-likeness (QED) is 0.497. The number of carbonyl (C=O) groups is 2. The predicted octanol–water partition coefficient (Wildman–Crippen LogP) is 3.45. The van der Waals surface area contributed by atoms with Crippen LogP contribution in [-0.4, -0.2) is 23.5 Å². The number of unbranched alkanes of at least 4 members (excludes halogenated alkanes) is 5. The van der Waals surface area contributed by atoms with E-state index in [4.69, 9.17) is 9.84 Å². The van der Waals surface area contributed by atoms with Crippen molar-refractivity contribution >= 4 is 11.8 Å². The van der Waals surface area contributed by atoms with Gasteiger partial charge in [-0.25, -0.2) is 4.79 Å². The number of para-hydroxylation sites is 1. The Labute approximate surface area is 119 Å². The number of rotatable bonds is 11. The van der Waals surface area contributed by atoms with Gasteiger partial charge in [-0.15, -0.1) is 0 Å². The molecule has 0 atom stereocenters. The molecule has 0 aliphatic carbocycles. The van der Waals surface area contributed by atoms with Crippen molar-refractivity contribution in [3.63, 3.8) is 0 Å². The molecule has 0 aliphatic rings. The molecule has 1 aromatic carbocycles. The second-order valence-electron chi connectivity index (χ2n) is 4.76. The van der Waals surface area contributed by atoms with Crippen LogP contribution in [0.25, 0.3) is 0 Å². The molecule has 0 aromatic heterocycles. The molecule has 4 heteroatoms. The number of Topliss-reactive ketones (excluding diaryl/α,β-unsaturated/α-hetero) is 1. The number of hydrogen-bond donors (Lipinski definition) is 1. The van der Waals surface area contributed by atoms with Gasteiger partial charge in [-0.2, -0.15) is 0 Å². The molecule has 0 bridgehead atoms. The highest BCUT2D eigenvalue weighted by Crippen LogP contribution is 2.11. The van der Waals surface area contributed by atoms with Crippen LogP contribution < -0.4 is 4.74 Å². The van der Waals surface area contributed by atoms with Crippen molar-refractivity contribution in [2.75, 3.05) is 6.61 Å². The summed E-state index contributed by atoms with van der Waals surface area (Å²) in [5.74, 6) is -1.09. The standard InChI is InChI=1S/C16H22O4/c17-15(16(18)19)12-8-3-1-2-4-9-13-20-14-10-6-5-7-11-14/h5-7,10-11H,1-4,8-9,12-13H2,(H,18,19). The Morgan fingerprint density at radius 3 is 2.15 bits per heavy atom. The van der Waals surface area contributed by atoms with Gasteiger partial charge in [-0.05, 0) is 25.0 Å². The van der Waals surface area contributed by atoms with Gasteiger partial charge < -0.3 is 9.84 Å². The van der Waals surface area contributed by atoms with Gasteiger partial charge >= 0.3 is 5.97 Å². The Morgan fingerprint density at radius 1 is 0.900 bits per heavy atom. The Kier molecular flexibility index (Phi) is 8.11. The summed E-state index contributed by atoms with van der Waals surface area (Å²) in [5, 5.41) is 8.41. The van der Waals surface area contributed by atoms with E-state index in [0.717, 1.165) is 44.5 Å². The zero-order valence-electron chi connectivity index (χ0n) is 11.7. The normalized spacial score (nSPS) is 10.2. The average Bonchev–Trinajstić information content (AvgIpc) is 2.46. The van der Waals surface area contributed by atoms with Gasteiger partial charge in [0.25, 0.3) is 0 Å². The fraction of sp³-hybridized carbons (Fsp3) is 0.500. The van der Waals surface area contributed by atoms with Crippen LogP contribution in [-0.2, 0) is 9.59 Å². The molecule has 4 nitrogen and oxygen atoms in total. The number of ketones is 1. The van der Waals surface area contributed by atoms with Crippen molar-refractivity contribution in [1.82, 2.24) is 0 Å². The van der Waals surface area contributed by atoms with Gasteiger partial charge in [0, 0.05) is 6.42 Å². The van der Waals surface area contributed by atoms with Gasteiger partial charge in [-0.1, -0.05) is 43.9 Å².